The Labute approximate surface area is 168 Å². The molecule has 3 N–H and O–H groups in total. The van der Waals surface area contributed by atoms with E-state index in [1.807, 2.05) is 30.3 Å². The molecule has 2 aromatic rings. The number of amides is 3. The van der Waals surface area contributed by atoms with E-state index in [9.17, 15) is 14.4 Å². The van der Waals surface area contributed by atoms with Crippen LogP contribution < -0.4 is 16.0 Å². The Balaban J connectivity index is 1.49. The van der Waals surface area contributed by atoms with Crippen molar-refractivity contribution in [2.75, 3.05) is 11.9 Å². The summed E-state index contributed by atoms with van der Waals surface area (Å²) < 4.78 is 0. The normalized spacial score (nSPS) is 25.2. The first kappa shape index (κ1) is 19.3. The molecule has 0 unspecified atom stereocenters. The minimum Gasteiger partial charge on any atom is -0.336 e. The van der Waals surface area contributed by atoms with E-state index in [1.165, 1.54) is 5.06 Å². The molecule has 0 aromatic heterocycles. The van der Waals surface area contributed by atoms with Gasteiger partial charge in [-0.1, -0.05) is 48.5 Å². The number of fused-ring (bicyclic) bond motifs is 1. The third-order valence-corrected chi connectivity index (χ3v) is 5.25. The number of carbonyl (C=O) groups excluding carboxylic acids is 3. The summed E-state index contributed by atoms with van der Waals surface area (Å²) in [5, 5.41) is 4.13. The fraction of sp³-hybridized carbons (Fsp3) is 0.286. The van der Waals surface area contributed by atoms with Crippen LogP contribution >= 0.6 is 0 Å². The highest BCUT2D eigenvalue weighted by Gasteiger charge is 2.59. The van der Waals surface area contributed by atoms with Gasteiger partial charge in [-0.15, -0.1) is 0 Å². The zero-order chi connectivity index (χ0) is 20.5. The second-order valence-corrected chi connectivity index (χ2v) is 7.20. The first-order chi connectivity index (χ1) is 14.0. The zero-order valence-electron chi connectivity index (χ0n) is 15.9. The van der Waals surface area contributed by atoms with Gasteiger partial charge in [0.1, 0.15) is 12.1 Å². The van der Waals surface area contributed by atoms with Gasteiger partial charge in [0.05, 0.1) is 11.7 Å². The first-order valence-electron chi connectivity index (χ1n) is 9.39. The topological polar surface area (TPSA) is 105 Å². The second-order valence-electron chi connectivity index (χ2n) is 7.20. The molecule has 2 aliphatic heterocycles. The Bertz CT molecular complexity index is 921. The number of rotatable bonds is 5. The van der Waals surface area contributed by atoms with Crippen LogP contribution in [0.5, 0.6) is 0 Å². The lowest BCUT2D eigenvalue weighted by Gasteiger charge is -2.25. The van der Waals surface area contributed by atoms with Crippen molar-refractivity contribution in [3.8, 4) is 0 Å². The quantitative estimate of drug-likeness (QED) is 0.713. The molecule has 2 heterocycles. The molecule has 4 atom stereocenters. The van der Waals surface area contributed by atoms with Crippen molar-refractivity contribution in [3.05, 3.63) is 66.2 Å². The first-order valence-corrected chi connectivity index (χ1v) is 9.39. The summed E-state index contributed by atoms with van der Waals surface area (Å²) in [4.78, 5) is 45.1. The Morgan fingerprint density at radius 2 is 1.69 bits per heavy atom. The maximum Gasteiger partial charge on any atom is 0.266 e. The second kappa shape index (κ2) is 7.75. The number of anilines is 1. The number of nitrogens with two attached hydrogens (primary N) is 1. The Hall–Kier alpha value is -3.07. The number of hydrogen-bond donors (Lipinski definition) is 2. The standard InChI is InChI=1S/C21H22N4O4/c1-24-18(23-19(26)15(22)12-13-8-4-2-5-9-13)16-17(29-24)21(28)25(20(16)27)14-10-6-3-7-11-14/h2-11,15-18H,12,22H2,1H3,(H,23,26)/t15-,16+,17+,18+/m0/s1. The summed E-state index contributed by atoms with van der Waals surface area (Å²) in [7, 11) is 1.58. The van der Waals surface area contributed by atoms with Gasteiger partial charge in [0.15, 0.2) is 6.10 Å². The van der Waals surface area contributed by atoms with E-state index in [1.54, 1.807) is 37.4 Å². The van der Waals surface area contributed by atoms with E-state index in [4.69, 9.17) is 10.6 Å². The molecule has 0 saturated carbocycles. The highest BCUT2D eigenvalue weighted by Crippen LogP contribution is 2.36. The van der Waals surface area contributed by atoms with Crippen molar-refractivity contribution >= 4 is 23.4 Å². The molecule has 2 aromatic carbocycles. The van der Waals surface area contributed by atoms with Crippen LogP contribution in [-0.2, 0) is 25.6 Å². The SMILES string of the molecule is CN1O[C@H]2C(=O)N(c3ccccc3)C(=O)[C@H]2[C@@H]1NC(=O)[C@@H](N)Cc1ccccc1. The van der Waals surface area contributed by atoms with Gasteiger partial charge < -0.3 is 11.1 Å². The van der Waals surface area contributed by atoms with Gasteiger partial charge >= 0.3 is 0 Å². The number of para-hydroxylation sites is 1. The van der Waals surface area contributed by atoms with Crippen LogP contribution in [0.3, 0.4) is 0 Å². The summed E-state index contributed by atoms with van der Waals surface area (Å²) in [6, 6.07) is 17.3. The maximum atomic E-state index is 13.0. The Morgan fingerprint density at radius 1 is 1.07 bits per heavy atom. The van der Waals surface area contributed by atoms with Gasteiger partial charge in [-0.3, -0.25) is 19.2 Å². The van der Waals surface area contributed by atoms with E-state index < -0.39 is 42.0 Å². The molecule has 0 radical (unpaired) electrons. The average molecular weight is 394 g/mol. The largest absolute Gasteiger partial charge is 0.336 e. The van der Waals surface area contributed by atoms with Crippen LogP contribution in [0, 0.1) is 5.92 Å². The predicted octanol–water partition coefficient (Wildman–Crippen LogP) is 0.434. The van der Waals surface area contributed by atoms with Crippen LogP contribution in [0.2, 0.25) is 0 Å². The number of nitrogens with zero attached hydrogens (tertiary/aromatic N) is 2. The molecule has 4 rings (SSSR count). The molecule has 3 amide bonds. The van der Waals surface area contributed by atoms with Crippen molar-refractivity contribution in [2.45, 2.75) is 24.7 Å². The van der Waals surface area contributed by atoms with Gasteiger partial charge in [0.25, 0.3) is 5.91 Å². The van der Waals surface area contributed by atoms with Crippen LogP contribution in [-0.4, -0.2) is 48.1 Å². The van der Waals surface area contributed by atoms with Crippen molar-refractivity contribution in [1.29, 1.82) is 0 Å². The zero-order valence-corrected chi connectivity index (χ0v) is 15.9. The van der Waals surface area contributed by atoms with Gasteiger partial charge in [-0.25, -0.2) is 4.90 Å². The highest BCUT2D eigenvalue weighted by molar-refractivity contribution is 6.23. The monoisotopic (exact) mass is 394 g/mol. The van der Waals surface area contributed by atoms with Crippen LogP contribution in [0.15, 0.2) is 60.7 Å². The van der Waals surface area contributed by atoms with E-state index in [0.717, 1.165) is 10.5 Å². The summed E-state index contributed by atoms with van der Waals surface area (Å²) in [6.07, 6.45) is -1.39. The van der Waals surface area contributed by atoms with E-state index in [2.05, 4.69) is 5.32 Å². The van der Waals surface area contributed by atoms with Crippen molar-refractivity contribution < 1.29 is 19.2 Å². The van der Waals surface area contributed by atoms with Crippen LogP contribution in [0.25, 0.3) is 0 Å². The number of hydrogen-bond acceptors (Lipinski definition) is 6. The maximum absolute atomic E-state index is 13.0. The van der Waals surface area contributed by atoms with E-state index in [-0.39, 0.29) is 0 Å². The predicted molar refractivity (Wildman–Crippen MR) is 105 cm³/mol. The van der Waals surface area contributed by atoms with Gasteiger partial charge in [-0.2, -0.15) is 5.06 Å². The number of benzene rings is 2. The Morgan fingerprint density at radius 3 is 2.34 bits per heavy atom. The third kappa shape index (κ3) is 3.53. The average Bonchev–Trinajstić information content (AvgIpc) is 3.17. The summed E-state index contributed by atoms with van der Waals surface area (Å²) in [6.45, 7) is 0. The fourth-order valence-corrected chi connectivity index (χ4v) is 3.78. The summed E-state index contributed by atoms with van der Waals surface area (Å²) in [5.41, 5.74) is 7.47. The molecule has 0 spiro atoms. The van der Waals surface area contributed by atoms with Crippen LogP contribution in [0.1, 0.15) is 5.56 Å². The number of nitrogens with one attached hydrogen (secondary N) is 1. The number of carbonyl (C=O) groups is 3. The number of imide groups is 1. The smallest absolute Gasteiger partial charge is 0.266 e. The fourth-order valence-electron chi connectivity index (χ4n) is 3.78. The minimum absolute atomic E-state index is 0.362. The summed E-state index contributed by atoms with van der Waals surface area (Å²) in [5.74, 6) is -2.09. The van der Waals surface area contributed by atoms with Crippen molar-refractivity contribution in [2.24, 2.45) is 11.7 Å². The summed E-state index contributed by atoms with van der Waals surface area (Å²) >= 11 is 0. The highest BCUT2D eigenvalue weighted by atomic mass is 16.7. The van der Waals surface area contributed by atoms with Gasteiger partial charge in [0, 0.05) is 7.05 Å². The molecule has 150 valence electrons. The van der Waals surface area contributed by atoms with Crippen molar-refractivity contribution in [3.63, 3.8) is 0 Å². The molecule has 2 saturated heterocycles. The lowest BCUT2D eigenvalue weighted by atomic mass is 10.0. The Kier molecular flexibility index (Phi) is 5.14. The van der Waals surface area contributed by atoms with Crippen molar-refractivity contribution in [1.82, 2.24) is 10.4 Å². The molecule has 0 bridgehead atoms. The van der Waals surface area contributed by atoms with E-state index >= 15 is 0 Å². The molecule has 8 heteroatoms. The minimum atomic E-state index is -0.969. The molecule has 29 heavy (non-hydrogen) atoms. The molecular weight excluding hydrogens is 372 g/mol. The number of hydroxylamine groups is 2. The molecule has 0 aliphatic carbocycles. The van der Waals surface area contributed by atoms with E-state index in [0.29, 0.717) is 12.1 Å². The lowest BCUT2D eigenvalue weighted by Crippen LogP contribution is -2.53. The lowest BCUT2D eigenvalue weighted by molar-refractivity contribution is -0.164. The van der Waals surface area contributed by atoms with Gasteiger partial charge in [-0.05, 0) is 24.1 Å². The molecule has 2 fully saturated rings. The molecule has 8 nitrogen and oxygen atoms in total. The third-order valence-electron chi connectivity index (χ3n) is 5.25. The van der Waals surface area contributed by atoms with Crippen LogP contribution in [0.4, 0.5) is 5.69 Å². The molecule has 2 aliphatic rings. The molecular formula is C21H22N4O4. The van der Waals surface area contributed by atoms with Gasteiger partial charge in [0.2, 0.25) is 11.8 Å².